The molecule has 0 aliphatic rings. The number of aryl methyl sites for hydroxylation is 1. The second-order valence-corrected chi connectivity index (χ2v) is 8.49. The van der Waals surface area contributed by atoms with E-state index in [0.29, 0.717) is 19.4 Å². The van der Waals surface area contributed by atoms with Gasteiger partial charge in [0, 0.05) is 4.88 Å². The fraction of sp³-hybridized carbons (Fsp3) is 0.765. The molecule has 0 aliphatic carbocycles. The van der Waals surface area contributed by atoms with Crippen LogP contribution in [-0.4, -0.2) is 13.2 Å². The van der Waals surface area contributed by atoms with Crippen molar-refractivity contribution in [1.29, 1.82) is 0 Å². The zero-order chi connectivity index (χ0) is 16.4. The van der Waals surface area contributed by atoms with Crippen LogP contribution in [0.2, 0.25) is 0 Å². The van der Waals surface area contributed by atoms with Crippen LogP contribution < -0.4 is 0 Å². The van der Waals surface area contributed by atoms with Crippen molar-refractivity contribution in [3.05, 3.63) is 21.4 Å². The normalized spacial score (nSPS) is 12.0. The molecule has 0 N–H and O–H groups in total. The van der Waals surface area contributed by atoms with Crippen molar-refractivity contribution in [3.8, 4) is 0 Å². The first kappa shape index (κ1) is 19.9. The standard InChI is InChI=1S/C17H31O3PS/c1-5-9-11-15-14-22-17(16(15)12-10-6-2)13-21(18,19-7-3)20-8-4/h14H,5-13H2,1-4H3. The molecule has 0 saturated carbocycles. The van der Waals surface area contributed by atoms with E-state index in [1.807, 2.05) is 13.8 Å². The summed E-state index contributed by atoms with van der Waals surface area (Å²) in [5.41, 5.74) is 2.84. The first-order valence-electron chi connectivity index (χ1n) is 8.56. The Morgan fingerprint density at radius 1 is 1.00 bits per heavy atom. The summed E-state index contributed by atoms with van der Waals surface area (Å²) in [4.78, 5) is 1.20. The summed E-state index contributed by atoms with van der Waals surface area (Å²) in [7, 11) is -3.00. The van der Waals surface area contributed by atoms with E-state index in [-0.39, 0.29) is 0 Å². The molecule has 0 unspecified atom stereocenters. The van der Waals surface area contributed by atoms with E-state index in [1.54, 1.807) is 11.3 Å². The molecule has 0 fully saturated rings. The van der Waals surface area contributed by atoms with E-state index in [4.69, 9.17) is 9.05 Å². The quantitative estimate of drug-likeness (QED) is 0.423. The van der Waals surface area contributed by atoms with Crippen LogP contribution in [0.5, 0.6) is 0 Å². The highest BCUT2D eigenvalue weighted by molar-refractivity contribution is 7.53. The lowest BCUT2D eigenvalue weighted by molar-refractivity contribution is 0.219. The molecular weight excluding hydrogens is 315 g/mol. The van der Waals surface area contributed by atoms with Crippen LogP contribution in [0.3, 0.4) is 0 Å². The molecule has 5 heteroatoms. The Kier molecular flexibility index (Phi) is 9.58. The van der Waals surface area contributed by atoms with Gasteiger partial charge in [0.2, 0.25) is 0 Å². The maximum atomic E-state index is 12.8. The molecule has 0 radical (unpaired) electrons. The van der Waals surface area contributed by atoms with Crippen molar-refractivity contribution in [2.45, 2.75) is 72.4 Å². The molecule has 0 atom stereocenters. The number of unbranched alkanes of at least 4 members (excludes halogenated alkanes) is 2. The summed E-state index contributed by atoms with van der Waals surface area (Å²) in [5, 5.41) is 2.25. The maximum Gasteiger partial charge on any atom is 0.335 e. The Morgan fingerprint density at radius 3 is 2.14 bits per heavy atom. The lowest BCUT2D eigenvalue weighted by atomic mass is 10.0. The van der Waals surface area contributed by atoms with Crippen LogP contribution in [-0.2, 0) is 32.6 Å². The molecule has 1 heterocycles. The van der Waals surface area contributed by atoms with Gasteiger partial charge in [0.05, 0.1) is 19.4 Å². The predicted octanol–water partition coefficient (Wildman–Crippen LogP) is 6.20. The second-order valence-electron chi connectivity index (χ2n) is 5.47. The van der Waals surface area contributed by atoms with Crippen molar-refractivity contribution in [3.63, 3.8) is 0 Å². The topological polar surface area (TPSA) is 35.5 Å². The van der Waals surface area contributed by atoms with Gasteiger partial charge < -0.3 is 9.05 Å². The summed E-state index contributed by atoms with van der Waals surface area (Å²) < 4.78 is 23.7. The van der Waals surface area contributed by atoms with Crippen molar-refractivity contribution in [2.75, 3.05) is 13.2 Å². The van der Waals surface area contributed by atoms with Gasteiger partial charge in [-0.25, -0.2) is 0 Å². The smallest absolute Gasteiger partial charge is 0.309 e. The molecule has 0 aliphatic heterocycles. The van der Waals surface area contributed by atoms with E-state index < -0.39 is 7.60 Å². The molecule has 22 heavy (non-hydrogen) atoms. The van der Waals surface area contributed by atoms with Gasteiger partial charge >= 0.3 is 7.60 Å². The highest BCUT2D eigenvalue weighted by atomic mass is 32.1. The van der Waals surface area contributed by atoms with Crippen molar-refractivity contribution < 1.29 is 13.6 Å². The fourth-order valence-corrected chi connectivity index (χ4v) is 5.80. The first-order chi connectivity index (χ1) is 10.6. The minimum absolute atomic E-state index is 0.421. The van der Waals surface area contributed by atoms with Crippen LogP contribution >= 0.6 is 18.9 Å². The van der Waals surface area contributed by atoms with Crippen molar-refractivity contribution >= 4 is 18.9 Å². The highest BCUT2D eigenvalue weighted by Crippen LogP contribution is 2.53. The van der Waals surface area contributed by atoms with E-state index >= 15 is 0 Å². The molecule has 0 spiro atoms. The Balaban J connectivity index is 2.95. The molecule has 1 aromatic heterocycles. The molecular formula is C17H31O3PS. The lowest BCUT2D eigenvalue weighted by Crippen LogP contribution is -2.01. The summed E-state index contributed by atoms with van der Waals surface area (Å²) >= 11 is 1.72. The van der Waals surface area contributed by atoms with Crippen molar-refractivity contribution in [2.24, 2.45) is 0 Å². The van der Waals surface area contributed by atoms with E-state index in [2.05, 4.69) is 19.2 Å². The second kappa shape index (κ2) is 10.6. The third-order valence-corrected chi connectivity index (χ3v) is 6.93. The summed E-state index contributed by atoms with van der Waals surface area (Å²) in [5.74, 6) is 0. The van der Waals surface area contributed by atoms with Gasteiger partial charge in [-0.15, -0.1) is 11.3 Å². The van der Waals surface area contributed by atoms with E-state index in [9.17, 15) is 4.57 Å². The van der Waals surface area contributed by atoms with Crippen LogP contribution in [0.1, 0.15) is 69.4 Å². The largest absolute Gasteiger partial charge is 0.335 e. The number of hydrogen-bond acceptors (Lipinski definition) is 4. The van der Waals surface area contributed by atoms with Gasteiger partial charge in [0.25, 0.3) is 0 Å². The van der Waals surface area contributed by atoms with Gasteiger partial charge in [-0.3, -0.25) is 4.57 Å². The van der Waals surface area contributed by atoms with Crippen LogP contribution in [0.25, 0.3) is 0 Å². The third kappa shape index (κ3) is 6.16. The maximum absolute atomic E-state index is 12.8. The number of rotatable bonds is 12. The Hall–Kier alpha value is -0.150. The Bertz CT molecular complexity index is 460. The molecule has 3 nitrogen and oxygen atoms in total. The van der Waals surface area contributed by atoms with Gasteiger partial charge in [-0.1, -0.05) is 26.7 Å². The molecule has 128 valence electrons. The minimum Gasteiger partial charge on any atom is -0.309 e. The van der Waals surface area contributed by atoms with Crippen LogP contribution in [0, 0.1) is 0 Å². The summed E-state index contributed by atoms with van der Waals surface area (Å²) in [6.07, 6.45) is 7.39. The minimum atomic E-state index is -3.00. The molecule has 0 bridgehead atoms. The lowest BCUT2D eigenvalue weighted by Gasteiger charge is -2.17. The number of hydrogen-bond donors (Lipinski definition) is 0. The van der Waals surface area contributed by atoms with Gasteiger partial charge in [0.1, 0.15) is 0 Å². The average Bonchev–Trinajstić information content (AvgIpc) is 2.84. The average molecular weight is 346 g/mol. The summed E-state index contributed by atoms with van der Waals surface area (Å²) in [6, 6.07) is 0. The van der Waals surface area contributed by atoms with Gasteiger partial charge in [-0.05, 0) is 56.0 Å². The fourth-order valence-electron chi connectivity index (χ4n) is 2.52. The van der Waals surface area contributed by atoms with Gasteiger partial charge in [-0.2, -0.15) is 0 Å². The number of thiophene rings is 1. The zero-order valence-electron chi connectivity index (χ0n) is 14.5. The van der Waals surface area contributed by atoms with Crippen LogP contribution in [0.15, 0.2) is 5.38 Å². The monoisotopic (exact) mass is 346 g/mol. The van der Waals surface area contributed by atoms with Gasteiger partial charge in [0.15, 0.2) is 0 Å². The Morgan fingerprint density at radius 2 is 1.59 bits per heavy atom. The third-order valence-electron chi connectivity index (χ3n) is 3.64. The molecule has 0 amide bonds. The van der Waals surface area contributed by atoms with Crippen molar-refractivity contribution in [1.82, 2.24) is 0 Å². The van der Waals surface area contributed by atoms with Crippen LogP contribution in [0.4, 0.5) is 0 Å². The molecule has 1 rings (SSSR count). The van der Waals surface area contributed by atoms with E-state index in [1.165, 1.54) is 41.7 Å². The SMILES string of the molecule is CCCCc1csc(CP(=O)(OCC)OCC)c1CCCC. The summed E-state index contributed by atoms with van der Waals surface area (Å²) in [6.45, 7) is 9.02. The van der Waals surface area contributed by atoms with E-state index in [0.717, 1.165) is 12.8 Å². The molecule has 1 aromatic rings. The first-order valence-corrected chi connectivity index (χ1v) is 11.2. The zero-order valence-corrected chi connectivity index (χ0v) is 16.2. The Labute approximate surface area is 140 Å². The molecule has 0 aromatic carbocycles. The predicted molar refractivity (Wildman–Crippen MR) is 96.1 cm³/mol. The highest BCUT2D eigenvalue weighted by Gasteiger charge is 2.27. The molecule has 0 saturated heterocycles.